The van der Waals surface area contributed by atoms with E-state index in [2.05, 4.69) is 58.4 Å². The van der Waals surface area contributed by atoms with Crippen molar-refractivity contribution in [3.05, 3.63) is 24.3 Å². The van der Waals surface area contributed by atoms with Gasteiger partial charge in [-0.05, 0) is 96.1 Å². The Hall–Kier alpha value is -1.63. The molecule has 0 unspecified atom stereocenters. The van der Waals surface area contributed by atoms with Gasteiger partial charge < -0.3 is 29.5 Å². The van der Waals surface area contributed by atoms with E-state index in [1.807, 2.05) is 0 Å². The first-order chi connectivity index (χ1) is 14.6. The third-order valence-corrected chi connectivity index (χ3v) is 6.63. The van der Waals surface area contributed by atoms with Crippen LogP contribution in [-0.2, 0) is 9.53 Å². The number of likely N-dealkylation sites (tertiary alicyclic amines) is 2. The Balaban J connectivity index is 0.000000239. The van der Waals surface area contributed by atoms with Gasteiger partial charge >= 0.3 is 0 Å². The molecule has 1 N–H and O–H groups in total. The number of carbonyl (C=O) groups is 1. The quantitative estimate of drug-likeness (QED) is 0.745. The highest BCUT2D eigenvalue weighted by Gasteiger charge is 2.16. The highest BCUT2D eigenvalue weighted by Crippen LogP contribution is 2.21. The van der Waals surface area contributed by atoms with Crippen LogP contribution in [0.4, 0.5) is 11.4 Å². The minimum atomic E-state index is 0.348. The molecule has 3 heterocycles. The number of aldehydes is 1. The molecule has 6 nitrogen and oxygen atoms in total. The lowest BCUT2D eigenvalue weighted by molar-refractivity contribution is -0.112. The summed E-state index contributed by atoms with van der Waals surface area (Å²) in [6.07, 6.45) is 5.83. The van der Waals surface area contributed by atoms with Crippen LogP contribution in [0, 0.1) is 11.8 Å². The standard InChI is InChI=1S/C17H27N3O.C7H13NO/c1-19-8-6-15(7-9-19)14-18-16-2-4-17(5-3-16)20-10-12-21-13-11-20;1-8-4-2-7(6-9)3-5-8/h2-5,15,18H,6-14H2,1H3;6-7H,2-5H2,1H3. The van der Waals surface area contributed by atoms with E-state index in [0.29, 0.717) is 5.92 Å². The van der Waals surface area contributed by atoms with E-state index < -0.39 is 0 Å². The first kappa shape index (κ1) is 23.0. The summed E-state index contributed by atoms with van der Waals surface area (Å²) >= 11 is 0. The molecule has 1 aromatic rings. The Kier molecular flexibility index (Phi) is 9.43. The molecular formula is C24H40N4O2. The Morgan fingerprint density at radius 3 is 2.03 bits per heavy atom. The molecule has 3 aliphatic rings. The second-order valence-electron chi connectivity index (χ2n) is 9.05. The molecule has 0 aromatic heterocycles. The molecular weight excluding hydrogens is 376 g/mol. The van der Waals surface area contributed by atoms with Crippen LogP contribution in [0.2, 0.25) is 0 Å². The summed E-state index contributed by atoms with van der Waals surface area (Å²) in [6.45, 7) is 9.44. The van der Waals surface area contributed by atoms with E-state index in [9.17, 15) is 4.79 Å². The summed E-state index contributed by atoms with van der Waals surface area (Å²) < 4.78 is 5.40. The van der Waals surface area contributed by atoms with Gasteiger partial charge in [-0.1, -0.05) is 0 Å². The van der Waals surface area contributed by atoms with E-state index in [4.69, 9.17) is 4.74 Å². The lowest BCUT2D eigenvalue weighted by atomic mass is 9.97. The van der Waals surface area contributed by atoms with Crippen molar-refractivity contribution in [2.24, 2.45) is 11.8 Å². The van der Waals surface area contributed by atoms with Crippen molar-refractivity contribution in [1.29, 1.82) is 0 Å². The van der Waals surface area contributed by atoms with Crippen LogP contribution >= 0.6 is 0 Å². The normalized spacial score (nSPS) is 22.3. The number of piperidine rings is 2. The average Bonchev–Trinajstić information content (AvgIpc) is 2.81. The molecule has 6 heteroatoms. The average molecular weight is 417 g/mol. The summed E-state index contributed by atoms with van der Waals surface area (Å²) in [6, 6.07) is 8.87. The molecule has 0 radical (unpaired) electrons. The smallest absolute Gasteiger partial charge is 0.123 e. The fourth-order valence-electron chi connectivity index (χ4n) is 4.30. The highest BCUT2D eigenvalue weighted by molar-refractivity contribution is 5.55. The van der Waals surface area contributed by atoms with Crippen molar-refractivity contribution < 1.29 is 9.53 Å². The van der Waals surface area contributed by atoms with Gasteiger partial charge in [0.25, 0.3) is 0 Å². The number of nitrogens with zero attached hydrogens (tertiary/aromatic N) is 3. The molecule has 0 atom stereocenters. The van der Waals surface area contributed by atoms with Crippen LogP contribution in [0.3, 0.4) is 0 Å². The molecule has 0 amide bonds. The zero-order valence-corrected chi connectivity index (χ0v) is 18.9. The number of anilines is 2. The molecule has 1 aromatic carbocycles. The maximum absolute atomic E-state index is 10.2. The molecule has 4 rings (SSSR count). The molecule has 0 bridgehead atoms. The lowest BCUT2D eigenvalue weighted by Gasteiger charge is -2.30. The molecule has 3 saturated heterocycles. The summed E-state index contributed by atoms with van der Waals surface area (Å²) in [4.78, 5) is 17.3. The maximum Gasteiger partial charge on any atom is 0.123 e. The van der Waals surface area contributed by atoms with Gasteiger partial charge in [0, 0.05) is 36.9 Å². The van der Waals surface area contributed by atoms with Crippen LogP contribution in [0.1, 0.15) is 25.7 Å². The van der Waals surface area contributed by atoms with Gasteiger partial charge in [0.1, 0.15) is 6.29 Å². The van der Waals surface area contributed by atoms with Gasteiger partial charge in [0.05, 0.1) is 13.2 Å². The minimum Gasteiger partial charge on any atom is -0.385 e. The van der Waals surface area contributed by atoms with Crippen LogP contribution in [0.15, 0.2) is 24.3 Å². The molecule has 30 heavy (non-hydrogen) atoms. The first-order valence-corrected chi connectivity index (χ1v) is 11.6. The number of benzene rings is 1. The maximum atomic E-state index is 10.2. The summed E-state index contributed by atoms with van der Waals surface area (Å²) in [5.41, 5.74) is 2.55. The number of morpholine rings is 1. The highest BCUT2D eigenvalue weighted by atomic mass is 16.5. The molecule has 0 aliphatic carbocycles. The van der Waals surface area contributed by atoms with Gasteiger partial charge in [-0.2, -0.15) is 0 Å². The molecule has 3 aliphatic heterocycles. The second-order valence-corrected chi connectivity index (χ2v) is 9.05. The van der Waals surface area contributed by atoms with Crippen molar-refractivity contribution in [2.75, 3.05) is 83.3 Å². The summed E-state index contributed by atoms with van der Waals surface area (Å²) in [7, 11) is 4.31. The summed E-state index contributed by atoms with van der Waals surface area (Å²) in [5, 5.41) is 3.60. The van der Waals surface area contributed by atoms with E-state index in [1.54, 1.807) is 0 Å². The van der Waals surface area contributed by atoms with Crippen molar-refractivity contribution in [1.82, 2.24) is 9.80 Å². The number of ether oxygens (including phenoxy) is 1. The van der Waals surface area contributed by atoms with E-state index >= 15 is 0 Å². The Morgan fingerprint density at radius 1 is 0.900 bits per heavy atom. The topological polar surface area (TPSA) is 48.1 Å². The van der Waals surface area contributed by atoms with E-state index in [0.717, 1.165) is 71.0 Å². The Labute approximate surface area is 182 Å². The number of hydrogen-bond acceptors (Lipinski definition) is 6. The predicted molar refractivity (Wildman–Crippen MR) is 124 cm³/mol. The third-order valence-electron chi connectivity index (χ3n) is 6.63. The van der Waals surface area contributed by atoms with Crippen molar-refractivity contribution in [3.63, 3.8) is 0 Å². The summed E-state index contributed by atoms with van der Waals surface area (Å²) in [5.74, 6) is 1.17. The zero-order valence-electron chi connectivity index (χ0n) is 18.9. The molecule has 0 saturated carbocycles. The molecule has 168 valence electrons. The van der Waals surface area contributed by atoms with Crippen molar-refractivity contribution in [2.45, 2.75) is 25.7 Å². The van der Waals surface area contributed by atoms with Crippen molar-refractivity contribution >= 4 is 17.7 Å². The van der Waals surface area contributed by atoms with Crippen LogP contribution < -0.4 is 10.2 Å². The minimum absolute atomic E-state index is 0.348. The molecule has 0 spiro atoms. The van der Waals surface area contributed by atoms with E-state index in [1.165, 1.54) is 37.3 Å². The van der Waals surface area contributed by atoms with Gasteiger partial charge in [0.15, 0.2) is 0 Å². The Morgan fingerprint density at radius 2 is 1.47 bits per heavy atom. The predicted octanol–water partition coefficient (Wildman–Crippen LogP) is 2.80. The number of nitrogens with one attached hydrogen (secondary N) is 1. The number of rotatable bonds is 5. The number of carbonyl (C=O) groups excluding carboxylic acids is 1. The van der Waals surface area contributed by atoms with Gasteiger partial charge in [0.2, 0.25) is 0 Å². The first-order valence-electron chi connectivity index (χ1n) is 11.6. The van der Waals surface area contributed by atoms with Crippen LogP contribution in [-0.4, -0.2) is 89.2 Å². The SMILES string of the molecule is CN1CCC(C=O)CC1.CN1CCC(CNc2ccc(N3CCOCC3)cc2)CC1. The fourth-order valence-corrected chi connectivity index (χ4v) is 4.30. The van der Waals surface area contributed by atoms with Gasteiger partial charge in [-0.25, -0.2) is 0 Å². The fraction of sp³-hybridized carbons (Fsp3) is 0.708. The largest absolute Gasteiger partial charge is 0.385 e. The third kappa shape index (κ3) is 7.56. The Bertz CT molecular complexity index is 602. The molecule has 3 fully saturated rings. The van der Waals surface area contributed by atoms with Crippen LogP contribution in [0.5, 0.6) is 0 Å². The van der Waals surface area contributed by atoms with Gasteiger partial charge in [-0.15, -0.1) is 0 Å². The van der Waals surface area contributed by atoms with E-state index in [-0.39, 0.29) is 0 Å². The monoisotopic (exact) mass is 416 g/mol. The van der Waals surface area contributed by atoms with Gasteiger partial charge in [-0.3, -0.25) is 0 Å². The van der Waals surface area contributed by atoms with Crippen LogP contribution in [0.25, 0.3) is 0 Å². The second kappa shape index (κ2) is 12.3. The zero-order chi connectivity index (χ0) is 21.2. The van der Waals surface area contributed by atoms with Crippen molar-refractivity contribution in [3.8, 4) is 0 Å². The lowest BCUT2D eigenvalue weighted by Crippen LogP contribution is -2.36. The number of hydrogen-bond donors (Lipinski definition) is 1.